The maximum Gasteiger partial charge on any atom is 0.310 e. The average Bonchev–Trinajstić information content (AvgIpc) is 2.52. The third-order valence-electron chi connectivity index (χ3n) is 2.21. The van der Waals surface area contributed by atoms with Crippen molar-refractivity contribution in [2.24, 2.45) is 5.92 Å². The molecule has 1 aliphatic rings. The average molecular weight is 175 g/mol. The van der Waals surface area contributed by atoms with Crippen molar-refractivity contribution in [3.63, 3.8) is 0 Å². The zero-order valence-corrected chi connectivity index (χ0v) is 7.25. The molecule has 0 aromatic heterocycles. The van der Waals surface area contributed by atoms with Gasteiger partial charge in [0.25, 0.3) is 0 Å². The monoisotopic (exact) mass is 175 g/mol. The number of likely N-dealkylation sites (tertiary alicyclic amines) is 1. The highest BCUT2D eigenvalue weighted by Gasteiger charge is 2.28. The van der Waals surface area contributed by atoms with Crippen molar-refractivity contribution in [2.75, 3.05) is 33.4 Å². The van der Waals surface area contributed by atoms with Crippen molar-refractivity contribution in [1.29, 1.82) is 0 Å². The molecule has 1 aliphatic heterocycles. The van der Waals surface area contributed by atoms with Crippen LogP contribution >= 0.6 is 0 Å². The predicted octanol–water partition coefficient (Wildman–Crippen LogP) is 0.451. The van der Waals surface area contributed by atoms with E-state index in [-0.39, 0.29) is 18.6 Å². The smallest absolute Gasteiger partial charge is 0.310 e. The molecule has 0 spiro atoms. The van der Waals surface area contributed by atoms with Gasteiger partial charge in [-0.15, -0.1) is 0 Å². The van der Waals surface area contributed by atoms with Crippen molar-refractivity contribution in [2.45, 2.75) is 6.42 Å². The van der Waals surface area contributed by atoms with E-state index < -0.39 is 0 Å². The van der Waals surface area contributed by atoms with Gasteiger partial charge < -0.3 is 4.74 Å². The molecule has 4 heteroatoms. The molecule has 0 unspecified atom stereocenters. The van der Waals surface area contributed by atoms with Crippen LogP contribution in [0.3, 0.4) is 0 Å². The fourth-order valence-corrected chi connectivity index (χ4v) is 1.51. The van der Waals surface area contributed by atoms with Gasteiger partial charge in [0.15, 0.2) is 0 Å². The third-order valence-corrected chi connectivity index (χ3v) is 2.21. The Morgan fingerprint density at radius 3 is 3.08 bits per heavy atom. The number of ether oxygens (including phenoxy) is 1. The van der Waals surface area contributed by atoms with E-state index in [0.29, 0.717) is 13.1 Å². The van der Waals surface area contributed by atoms with E-state index in [9.17, 15) is 9.18 Å². The normalized spacial score (nSPS) is 24.3. The van der Waals surface area contributed by atoms with E-state index in [0.717, 1.165) is 13.0 Å². The van der Waals surface area contributed by atoms with Crippen LogP contribution in [0.15, 0.2) is 0 Å². The van der Waals surface area contributed by atoms with Crippen LogP contribution in [0.1, 0.15) is 6.42 Å². The number of hydrogen-bond acceptors (Lipinski definition) is 3. The molecule has 0 bridgehead atoms. The first-order valence-corrected chi connectivity index (χ1v) is 4.14. The van der Waals surface area contributed by atoms with Crippen LogP contribution in [0.25, 0.3) is 0 Å². The fraction of sp³-hybridized carbons (Fsp3) is 0.875. The van der Waals surface area contributed by atoms with Crippen molar-refractivity contribution in [3.05, 3.63) is 0 Å². The molecule has 0 amide bonds. The maximum absolute atomic E-state index is 11.9. The quantitative estimate of drug-likeness (QED) is 0.583. The summed E-state index contributed by atoms with van der Waals surface area (Å²) in [5.74, 6) is -0.210. The standard InChI is InChI=1S/C8H14FNO2/c1-12-8(11)7-2-4-10(6-7)5-3-9/h7H,2-6H2,1H3/t7-/m1/s1. The van der Waals surface area contributed by atoms with Gasteiger partial charge in [0.1, 0.15) is 6.67 Å². The minimum atomic E-state index is -0.339. The summed E-state index contributed by atoms with van der Waals surface area (Å²) in [6.45, 7) is 1.56. The maximum atomic E-state index is 11.9. The lowest BCUT2D eigenvalue weighted by atomic mass is 10.1. The Bertz CT molecular complexity index is 163. The Hall–Kier alpha value is -0.640. The molecular formula is C8H14FNO2. The number of carbonyl (C=O) groups is 1. The highest BCUT2D eigenvalue weighted by Crippen LogP contribution is 2.16. The first kappa shape index (κ1) is 9.45. The van der Waals surface area contributed by atoms with Crippen LogP contribution in [-0.2, 0) is 9.53 Å². The molecule has 0 aromatic carbocycles. The highest BCUT2D eigenvalue weighted by atomic mass is 19.1. The summed E-state index contributed by atoms with van der Waals surface area (Å²) in [6, 6.07) is 0. The highest BCUT2D eigenvalue weighted by molar-refractivity contribution is 5.72. The first-order valence-electron chi connectivity index (χ1n) is 4.14. The van der Waals surface area contributed by atoms with Crippen molar-refractivity contribution >= 4 is 5.97 Å². The number of halogens is 1. The summed E-state index contributed by atoms with van der Waals surface area (Å²) in [5.41, 5.74) is 0. The fourth-order valence-electron chi connectivity index (χ4n) is 1.51. The largest absolute Gasteiger partial charge is 0.469 e. The van der Waals surface area contributed by atoms with Gasteiger partial charge in [-0.1, -0.05) is 0 Å². The number of rotatable bonds is 3. The van der Waals surface area contributed by atoms with E-state index in [1.165, 1.54) is 7.11 Å². The molecule has 1 fully saturated rings. The topological polar surface area (TPSA) is 29.5 Å². The van der Waals surface area contributed by atoms with E-state index >= 15 is 0 Å². The molecule has 12 heavy (non-hydrogen) atoms. The third kappa shape index (κ3) is 2.17. The molecule has 1 atom stereocenters. The van der Waals surface area contributed by atoms with Crippen LogP contribution in [0, 0.1) is 5.92 Å². The van der Waals surface area contributed by atoms with Gasteiger partial charge in [0, 0.05) is 13.1 Å². The summed E-state index contributed by atoms with van der Waals surface area (Å²) in [6.07, 6.45) is 0.798. The number of esters is 1. The van der Waals surface area contributed by atoms with Gasteiger partial charge >= 0.3 is 5.97 Å². The zero-order valence-electron chi connectivity index (χ0n) is 7.25. The Labute approximate surface area is 71.5 Å². The molecule has 0 radical (unpaired) electrons. The van der Waals surface area contributed by atoms with Crippen molar-refractivity contribution in [3.8, 4) is 0 Å². The van der Waals surface area contributed by atoms with Gasteiger partial charge in [-0.25, -0.2) is 4.39 Å². The second kappa shape index (κ2) is 4.40. The van der Waals surface area contributed by atoms with E-state index in [4.69, 9.17) is 0 Å². The van der Waals surface area contributed by atoms with Gasteiger partial charge in [-0.2, -0.15) is 0 Å². The number of carbonyl (C=O) groups excluding carboxylic acids is 1. The number of methoxy groups -OCH3 is 1. The molecule has 3 nitrogen and oxygen atoms in total. The molecule has 1 heterocycles. The van der Waals surface area contributed by atoms with Gasteiger partial charge in [0.2, 0.25) is 0 Å². The summed E-state index contributed by atoms with van der Waals surface area (Å²) < 4.78 is 16.5. The van der Waals surface area contributed by atoms with Crippen molar-refractivity contribution < 1.29 is 13.9 Å². The zero-order chi connectivity index (χ0) is 8.97. The number of hydrogen-bond donors (Lipinski definition) is 0. The van der Waals surface area contributed by atoms with E-state index in [2.05, 4.69) is 4.74 Å². The summed E-state index contributed by atoms with van der Waals surface area (Å²) >= 11 is 0. The number of alkyl halides is 1. The van der Waals surface area contributed by atoms with Gasteiger partial charge in [-0.3, -0.25) is 9.69 Å². The van der Waals surface area contributed by atoms with Gasteiger partial charge in [0.05, 0.1) is 13.0 Å². The summed E-state index contributed by atoms with van der Waals surface area (Å²) in [5, 5.41) is 0. The van der Waals surface area contributed by atoms with Crippen LogP contribution in [0.5, 0.6) is 0 Å². The second-order valence-corrected chi connectivity index (χ2v) is 3.00. The molecule has 0 aromatic rings. The minimum Gasteiger partial charge on any atom is -0.469 e. The molecule has 1 saturated heterocycles. The Morgan fingerprint density at radius 1 is 1.75 bits per heavy atom. The minimum absolute atomic E-state index is 0.0402. The van der Waals surface area contributed by atoms with E-state index in [1.807, 2.05) is 4.90 Å². The second-order valence-electron chi connectivity index (χ2n) is 3.00. The predicted molar refractivity (Wildman–Crippen MR) is 42.5 cm³/mol. The lowest BCUT2D eigenvalue weighted by molar-refractivity contribution is -0.144. The molecule has 0 saturated carbocycles. The van der Waals surface area contributed by atoms with Crippen LogP contribution < -0.4 is 0 Å². The Morgan fingerprint density at radius 2 is 2.50 bits per heavy atom. The molecule has 0 aliphatic carbocycles. The summed E-state index contributed by atoms with van der Waals surface area (Å²) in [7, 11) is 1.39. The molecule has 70 valence electrons. The molecule has 0 N–H and O–H groups in total. The Kier molecular flexibility index (Phi) is 3.47. The van der Waals surface area contributed by atoms with Crippen LogP contribution in [-0.4, -0.2) is 44.3 Å². The lowest BCUT2D eigenvalue weighted by Gasteiger charge is -2.12. The summed E-state index contributed by atoms with van der Waals surface area (Å²) in [4.78, 5) is 13.0. The molecular weight excluding hydrogens is 161 g/mol. The van der Waals surface area contributed by atoms with Crippen LogP contribution in [0.4, 0.5) is 4.39 Å². The SMILES string of the molecule is COC(=O)[C@@H]1CCN(CCF)C1. The van der Waals surface area contributed by atoms with E-state index in [1.54, 1.807) is 0 Å². The van der Waals surface area contributed by atoms with Crippen LogP contribution in [0.2, 0.25) is 0 Å². The number of nitrogens with zero attached hydrogens (tertiary/aromatic N) is 1. The van der Waals surface area contributed by atoms with Gasteiger partial charge in [-0.05, 0) is 13.0 Å². The molecule has 1 rings (SSSR count). The first-order chi connectivity index (χ1) is 5.77. The van der Waals surface area contributed by atoms with Crippen molar-refractivity contribution in [1.82, 2.24) is 4.90 Å². The Balaban J connectivity index is 2.30. The lowest BCUT2D eigenvalue weighted by Crippen LogP contribution is -2.25.